The lowest BCUT2D eigenvalue weighted by atomic mass is 9.57. The summed E-state index contributed by atoms with van der Waals surface area (Å²) in [6, 6.07) is 0. The molecule has 1 nitrogen and oxygen atoms in total. The van der Waals surface area contributed by atoms with Gasteiger partial charge in [-0.2, -0.15) is 11.3 Å². The average molecular weight is 144 g/mol. The van der Waals surface area contributed by atoms with E-state index in [2.05, 4.69) is 26.7 Å². The summed E-state index contributed by atoms with van der Waals surface area (Å²) in [6.45, 7) is 6.32. The fraction of sp³-hybridized carbons (Fsp3) is 0.875. The molecule has 0 aromatic heterocycles. The Hall–Kier alpha value is -0.445. The first-order valence-corrected chi connectivity index (χ1v) is 2.72. The van der Waals surface area contributed by atoms with Crippen molar-refractivity contribution in [3.63, 3.8) is 0 Å². The second-order valence-corrected chi connectivity index (χ2v) is 3.47. The van der Waals surface area contributed by atoms with Gasteiger partial charge in [0, 0.05) is 0 Å². The van der Waals surface area contributed by atoms with Crippen molar-refractivity contribution in [3.05, 3.63) is 0 Å². The smallest absolute Gasteiger partial charge is 0.0803 e. The van der Waals surface area contributed by atoms with Gasteiger partial charge in [0.2, 0.25) is 0 Å². The minimum absolute atomic E-state index is 0. The number of nitrogens with zero attached hydrogens (tertiary/aromatic N) is 1. The quantitative estimate of drug-likeness (QED) is 0.479. The van der Waals surface area contributed by atoms with Crippen LogP contribution in [0.25, 0.3) is 0 Å². The molecular weight excluding hydrogens is 121 g/mol. The lowest BCUT2D eigenvalue weighted by molar-refractivity contribution is 0.759. The Kier molecular flexibility index (Phi) is 19.4. The van der Waals surface area contributed by atoms with Crippen molar-refractivity contribution in [3.8, 4) is 5.97 Å². The molecule has 0 atom stereocenters. The molecule has 64 valence electrons. The van der Waals surface area contributed by atoms with Crippen LogP contribution in [0.3, 0.4) is 0 Å². The second-order valence-electron chi connectivity index (χ2n) is 3.47. The maximum Gasteiger partial charge on any atom is 0.0803 e. The van der Waals surface area contributed by atoms with Gasteiger partial charge in [0.1, 0.15) is 0 Å². The molecule has 0 aromatic rings. The summed E-state index contributed by atoms with van der Waals surface area (Å²) in [6.07, 6.45) is 0. The fourth-order valence-corrected chi connectivity index (χ4v) is 0.335. The standard InChI is InChI=1S/C5H11BN.3CH4/c1-5(2,3)6-4-7;;;/h6H2,1-3H3;3*1H4/q-1;;;. The normalized spacial score (nSPS) is 7.40. The molecule has 0 heterocycles. The third-order valence-electron chi connectivity index (χ3n) is 0.862. The predicted octanol–water partition coefficient (Wildman–Crippen LogP) is 2.76. The van der Waals surface area contributed by atoms with Crippen molar-refractivity contribution in [2.24, 2.45) is 0 Å². The molecule has 0 fully saturated rings. The Morgan fingerprint density at radius 2 is 1.40 bits per heavy atom. The summed E-state index contributed by atoms with van der Waals surface area (Å²) in [4.78, 5) is 0. The lowest BCUT2D eigenvalue weighted by Gasteiger charge is -2.18. The minimum Gasteiger partial charge on any atom is -0.251 e. The molecule has 0 saturated heterocycles. The Balaban J connectivity index is -0.0000000600. The highest BCUT2D eigenvalue weighted by molar-refractivity contribution is 6.48. The number of rotatable bonds is 0. The predicted molar refractivity (Wildman–Crippen MR) is 54.1 cm³/mol. The van der Waals surface area contributed by atoms with E-state index in [0.717, 1.165) is 0 Å². The van der Waals surface area contributed by atoms with Crippen LogP contribution in [0.4, 0.5) is 0 Å². The Morgan fingerprint density at radius 1 is 1.10 bits per heavy atom. The van der Waals surface area contributed by atoms with E-state index in [-0.39, 0.29) is 29.6 Å². The van der Waals surface area contributed by atoms with Crippen LogP contribution >= 0.6 is 0 Å². The molecule has 10 heavy (non-hydrogen) atoms. The molecule has 0 aliphatic carbocycles. The summed E-state index contributed by atoms with van der Waals surface area (Å²) in [5.74, 6) is 2.23. The van der Waals surface area contributed by atoms with E-state index in [4.69, 9.17) is 5.26 Å². The molecule has 0 aromatic carbocycles. The zero-order valence-electron chi connectivity index (χ0n) is 5.45. The van der Waals surface area contributed by atoms with Crippen LogP contribution in [0.15, 0.2) is 0 Å². The van der Waals surface area contributed by atoms with Gasteiger partial charge in [-0.3, -0.25) is 5.26 Å². The van der Waals surface area contributed by atoms with Crippen molar-refractivity contribution >= 4 is 7.28 Å². The van der Waals surface area contributed by atoms with E-state index >= 15 is 0 Å². The lowest BCUT2D eigenvalue weighted by Crippen LogP contribution is -2.04. The second kappa shape index (κ2) is 8.55. The van der Waals surface area contributed by atoms with E-state index < -0.39 is 0 Å². The average Bonchev–Trinajstić information content (AvgIpc) is 1.30. The summed E-state index contributed by atoms with van der Waals surface area (Å²) in [5, 5.41) is 8.52. The van der Waals surface area contributed by atoms with Gasteiger partial charge < -0.3 is 0 Å². The third-order valence-corrected chi connectivity index (χ3v) is 0.862. The number of nitriles is 1. The first-order valence-electron chi connectivity index (χ1n) is 2.72. The molecule has 0 spiro atoms. The van der Waals surface area contributed by atoms with Gasteiger partial charge >= 0.3 is 0 Å². The van der Waals surface area contributed by atoms with Crippen molar-refractivity contribution < 1.29 is 0 Å². The zero-order valence-corrected chi connectivity index (χ0v) is 5.45. The topological polar surface area (TPSA) is 23.8 Å². The van der Waals surface area contributed by atoms with Crippen LogP contribution in [-0.4, -0.2) is 7.28 Å². The number of hydrogen-bond donors (Lipinski definition) is 0. The molecule has 0 N–H and O–H groups in total. The van der Waals surface area contributed by atoms with E-state index in [1.165, 1.54) is 0 Å². The molecule has 2 heteroatoms. The molecule has 0 aliphatic heterocycles. The maximum absolute atomic E-state index is 8.21. The molecule has 0 bridgehead atoms. The van der Waals surface area contributed by atoms with Gasteiger partial charge in [0.15, 0.2) is 0 Å². The third kappa shape index (κ3) is 25.7. The van der Waals surface area contributed by atoms with Crippen molar-refractivity contribution in [2.75, 3.05) is 0 Å². The highest BCUT2D eigenvalue weighted by Gasteiger charge is 2.00. The van der Waals surface area contributed by atoms with Gasteiger partial charge in [-0.05, 0) is 0 Å². The summed E-state index contributed by atoms with van der Waals surface area (Å²) >= 11 is 0. The Labute approximate surface area is 67.7 Å². The zero-order chi connectivity index (χ0) is 5.91. The molecule has 0 unspecified atom stereocenters. The van der Waals surface area contributed by atoms with Crippen molar-refractivity contribution in [1.82, 2.24) is 0 Å². The van der Waals surface area contributed by atoms with Crippen LogP contribution in [-0.2, 0) is 0 Å². The fourth-order valence-electron chi connectivity index (χ4n) is 0.335. The Morgan fingerprint density at radius 3 is 1.40 bits per heavy atom. The van der Waals surface area contributed by atoms with Crippen LogP contribution in [0, 0.1) is 11.2 Å². The Bertz CT molecular complexity index is 86.4. The van der Waals surface area contributed by atoms with Gasteiger partial charge in [-0.25, -0.2) is 0 Å². The summed E-state index contributed by atoms with van der Waals surface area (Å²) in [5.41, 5.74) is 0. The molecule has 0 radical (unpaired) electrons. The maximum atomic E-state index is 8.21. The molecule has 0 amide bonds. The van der Waals surface area contributed by atoms with Crippen molar-refractivity contribution in [2.45, 2.75) is 48.4 Å². The van der Waals surface area contributed by atoms with Crippen LogP contribution in [0.1, 0.15) is 43.1 Å². The molecule has 0 saturated carbocycles. The van der Waals surface area contributed by atoms with E-state index in [0.29, 0.717) is 5.31 Å². The van der Waals surface area contributed by atoms with Crippen LogP contribution < -0.4 is 0 Å². The molecule has 0 rings (SSSR count). The van der Waals surface area contributed by atoms with Crippen LogP contribution in [0.2, 0.25) is 5.31 Å². The van der Waals surface area contributed by atoms with Gasteiger partial charge in [-0.15, -0.1) is 0 Å². The van der Waals surface area contributed by atoms with E-state index in [9.17, 15) is 0 Å². The highest BCUT2D eigenvalue weighted by Crippen LogP contribution is 2.18. The van der Waals surface area contributed by atoms with E-state index in [1.807, 2.05) is 0 Å². The van der Waals surface area contributed by atoms with E-state index in [1.54, 1.807) is 0 Å². The number of hydrogen-bond acceptors (Lipinski definition) is 1. The molecular formula is C8H23BN-. The highest BCUT2D eigenvalue weighted by atomic mass is 14.2. The molecule has 0 aliphatic rings. The first-order chi connectivity index (χ1) is 3.06. The first kappa shape index (κ1) is 22.7. The van der Waals surface area contributed by atoms with Gasteiger partial charge in [0.25, 0.3) is 0 Å². The minimum atomic E-state index is -0.326. The van der Waals surface area contributed by atoms with Gasteiger partial charge in [0.05, 0.1) is 7.28 Å². The largest absolute Gasteiger partial charge is 0.251 e. The van der Waals surface area contributed by atoms with Crippen molar-refractivity contribution in [1.29, 1.82) is 5.26 Å². The summed E-state index contributed by atoms with van der Waals surface area (Å²) in [7, 11) is -0.326. The van der Waals surface area contributed by atoms with Gasteiger partial charge in [-0.1, -0.05) is 43.1 Å². The monoisotopic (exact) mass is 144 g/mol. The van der Waals surface area contributed by atoms with Crippen LogP contribution in [0.5, 0.6) is 0 Å². The summed E-state index contributed by atoms with van der Waals surface area (Å²) < 4.78 is 0. The SMILES string of the molecule is C.C.C.CC(C)(C)[BH2-]C#N.